The van der Waals surface area contributed by atoms with Gasteiger partial charge in [0.15, 0.2) is 0 Å². The van der Waals surface area contributed by atoms with Crippen LogP contribution in [-0.2, 0) is 0 Å². The Hall–Kier alpha value is -2.37. The van der Waals surface area contributed by atoms with Crippen molar-refractivity contribution in [3.05, 3.63) is 98.7 Å². The monoisotopic (exact) mass is 456 g/mol. The van der Waals surface area contributed by atoms with Gasteiger partial charge in [-0.15, -0.1) is 0 Å². The van der Waals surface area contributed by atoms with E-state index in [-0.39, 0.29) is 6.04 Å². The molecule has 6 heteroatoms. The maximum Gasteiger partial charge on any atom is 0.218 e. The van der Waals surface area contributed by atoms with Crippen LogP contribution >= 0.6 is 27.5 Å². The maximum atomic E-state index is 14.7. The fraction of sp³-hybridized carbons (Fsp3) is 0.136. The molecule has 0 aliphatic carbocycles. The highest BCUT2D eigenvalue weighted by Crippen LogP contribution is 2.48. The summed E-state index contributed by atoms with van der Waals surface area (Å²) in [7, 11) is 0. The fourth-order valence-electron chi connectivity index (χ4n) is 3.79. The molecule has 140 valence electrons. The number of hydrogen-bond donors (Lipinski definition) is 0. The molecule has 3 aromatic rings. The summed E-state index contributed by atoms with van der Waals surface area (Å²) in [6, 6.07) is 20.5. The van der Waals surface area contributed by atoms with Crippen LogP contribution in [0.1, 0.15) is 35.4 Å². The maximum absolute atomic E-state index is 14.7. The van der Waals surface area contributed by atoms with Crippen LogP contribution in [0.3, 0.4) is 0 Å². The fourth-order valence-corrected chi connectivity index (χ4v) is 4.31. The van der Waals surface area contributed by atoms with Gasteiger partial charge in [-0.1, -0.05) is 63.9 Å². The van der Waals surface area contributed by atoms with Gasteiger partial charge in [0.2, 0.25) is 6.23 Å². The molecule has 0 radical (unpaired) electrons. The quantitative estimate of drug-likeness (QED) is 0.440. The largest absolute Gasteiger partial charge is 0.464 e. The molecule has 0 saturated heterocycles. The summed E-state index contributed by atoms with van der Waals surface area (Å²) in [5.74, 6) is 0.336. The van der Waals surface area contributed by atoms with Crippen LogP contribution in [0, 0.1) is 5.82 Å². The van der Waals surface area contributed by atoms with E-state index in [1.807, 2.05) is 53.5 Å². The van der Waals surface area contributed by atoms with Gasteiger partial charge < -0.3 is 4.74 Å². The summed E-state index contributed by atoms with van der Waals surface area (Å²) in [6.07, 6.45) is -0.00791. The molecule has 0 unspecified atom stereocenters. The van der Waals surface area contributed by atoms with Crippen molar-refractivity contribution < 1.29 is 9.13 Å². The van der Waals surface area contributed by atoms with E-state index in [9.17, 15) is 4.39 Å². The van der Waals surface area contributed by atoms with Crippen molar-refractivity contribution in [2.45, 2.75) is 18.7 Å². The van der Waals surface area contributed by atoms with Gasteiger partial charge in [-0.3, -0.25) is 0 Å². The molecule has 2 aliphatic rings. The molecular formula is C22H15BrClFN2O. The highest BCUT2D eigenvalue weighted by molar-refractivity contribution is 9.10. The molecule has 2 heterocycles. The molecule has 28 heavy (non-hydrogen) atoms. The molecule has 0 amide bonds. The number of para-hydroxylation sites is 1. The third-order valence-corrected chi connectivity index (χ3v) is 5.98. The Labute approximate surface area is 175 Å². The lowest BCUT2D eigenvalue weighted by atomic mass is 9.96. The predicted octanol–water partition coefficient (Wildman–Crippen LogP) is 6.48. The van der Waals surface area contributed by atoms with E-state index in [4.69, 9.17) is 21.4 Å². The molecule has 0 aromatic heterocycles. The van der Waals surface area contributed by atoms with Crippen molar-refractivity contribution in [2.75, 3.05) is 0 Å². The van der Waals surface area contributed by atoms with E-state index in [0.717, 1.165) is 27.1 Å². The second-order valence-electron chi connectivity index (χ2n) is 6.80. The number of hydrogen-bond acceptors (Lipinski definition) is 3. The first-order valence-electron chi connectivity index (χ1n) is 8.93. The number of halogens is 3. The van der Waals surface area contributed by atoms with Crippen LogP contribution < -0.4 is 4.74 Å². The average Bonchev–Trinajstić information content (AvgIpc) is 3.14. The van der Waals surface area contributed by atoms with Crippen molar-refractivity contribution in [2.24, 2.45) is 5.10 Å². The van der Waals surface area contributed by atoms with Gasteiger partial charge in [0.05, 0.1) is 22.3 Å². The van der Waals surface area contributed by atoms with Gasteiger partial charge >= 0.3 is 0 Å². The van der Waals surface area contributed by atoms with Gasteiger partial charge in [0.25, 0.3) is 0 Å². The van der Waals surface area contributed by atoms with E-state index in [1.165, 1.54) is 6.07 Å². The van der Waals surface area contributed by atoms with Crippen LogP contribution in [0.15, 0.2) is 76.3 Å². The topological polar surface area (TPSA) is 24.8 Å². The Morgan fingerprint density at radius 3 is 2.61 bits per heavy atom. The number of benzene rings is 3. The molecule has 2 atom stereocenters. The normalized spacial score (nSPS) is 20.2. The van der Waals surface area contributed by atoms with Crippen molar-refractivity contribution in [3.8, 4) is 5.75 Å². The van der Waals surface area contributed by atoms with Crippen molar-refractivity contribution in [1.29, 1.82) is 0 Å². The Balaban J connectivity index is 1.63. The lowest BCUT2D eigenvalue weighted by Crippen LogP contribution is -2.34. The second-order valence-corrected chi connectivity index (χ2v) is 8.12. The smallest absolute Gasteiger partial charge is 0.218 e. The van der Waals surface area contributed by atoms with Gasteiger partial charge in [-0.05, 0) is 35.9 Å². The number of fused-ring (bicyclic) bond motifs is 3. The molecule has 0 N–H and O–H groups in total. The van der Waals surface area contributed by atoms with E-state index in [1.54, 1.807) is 12.1 Å². The molecule has 3 aromatic carbocycles. The van der Waals surface area contributed by atoms with E-state index in [2.05, 4.69) is 15.9 Å². The number of hydrazone groups is 1. The molecule has 0 bridgehead atoms. The zero-order valence-corrected chi connectivity index (χ0v) is 17.0. The highest BCUT2D eigenvalue weighted by atomic mass is 79.9. The van der Waals surface area contributed by atoms with E-state index < -0.39 is 12.0 Å². The lowest BCUT2D eigenvalue weighted by molar-refractivity contribution is -0.0211. The van der Waals surface area contributed by atoms with Crippen LogP contribution in [0.2, 0.25) is 5.02 Å². The van der Waals surface area contributed by atoms with Crippen LogP contribution in [0.5, 0.6) is 5.75 Å². The molecule has 5 rings (SSSR count). The SMILES string of the molecule is Fc1cccc(Cl)c1[C@H]1Oc2ccccc2[C@@H]2CC(c3ccc(Br)cc3)=NN12. The highest BCUT2D eigenvalue weighted by Gasteiger charge is 2.42. The zero-order valence-electron chi connectivity index (χ0n) is 14.6. The first kappa shape index (κ1) is 17.7. The summed E-state index contributed by atoms with van der Waals surface area (Å²) in [6.45, 7) is 0. The van der Waals surface area contributed by atoms with Crippen LogP contribution in [0.25, 0.3) is 0 Å². The molecule has 0 fully saturated rings. The third-order valence-electron chi connectivity index (χ3n) is 5.12. The average molecular weight is 458 g/mol. The summed E-state index contributed by atoms with van der Waals surface area (Å²) >= 11 is 9.82. The Kier molecular flexibility index (Phi) is 4.37. The van der Waals surface area contributed by atoms with E-state index in [0.29, 0.717) is 17.0 Å². The van der Waals surface area contributed by atoms with Gasteiger partial charge in [-0.25, -0.2) is 9.40 Å². The first-order chi connectivity index (χ1) is 13.6. The number of ether oxygens (including phenoxy) is 1. The number of nitrogens with zero attached hydrogens (tertiary/aromatic N) is 2. The van der Waals surface area contributed by atoms with Crippen molar-refractivity contribution in [3.63, 3.8) is 0 Å². The van der Waals surface area contributed by atoms with Crippen LogP contribution in [-0.4, -0.2) is 10.7 Å². The lowest BCUT2D eigenvalue weighted by Gasteiger charge is -2.38. The van der Waals surface area contributed by atoms with Gasteiger partial charge in [0, 0.05) is 16.5 Å². The second kappa shape index (κ2) is 6.90. The van der Waals surface area contributed by atoms with Crippen LogP contribution in [0.4, 0.5) is 4.39 Å². The molecule has 0 saturated carbocycles. The minimum absolute atomic E-state index is 0.0377. The third kappa shape index (κ3) is 2.90. The molecule has 2 aliphatic heterocycles. The Morgan fingerprint density at radius 1 is 1.04 bits per heavy atom. The van der Waals surface area contributed by atoms with Crippen molar-refractivity contribution >= 4 is 33.2 Å². The molecule has 0 spiro atoms. The minimum Gasteiger partial charge on any atom is -0.464 e. The summed E-state index contributed by atoms with van der Waals surface area (Å²) in [5.41, 5.74) is 3.33. The minimum atomic E-state index is -0.721. The van der Waals surface area contributed by atoms with Gasteiger partial charge in [-0.2, -0.15) is 5.10 Å². The number of rotatable bonds is 2. The Morgan fingerprint density at radius 2 is 1.82 bits per heavy atom. The predicted molar refractivity (Wildman–Crippen MR) is 111 cm³/mol. The summed E-state index contributed by atoms with van der Waals surface area (Å²) in [4.78, 5) is 0. The molecular weight excluding hydrogens is 443 g/mol. The first-order valence-corrected chi connectivity index (χ1v) is 10.1. The van der Waals surface area contributed by atoms with Crippen molar-refractivity contribution in [1.82, 2.24) is 5.01 Å². The van der Waals surface area contributed by atoms with E-state index >= 15 is 0 Å². The van der Waals surface area contributed by atoms with Gasteiger partial charge in [0.1, 0.15) is 11.6 Å². The summed E-state index contributed by atoms with van der Waals surface area (Å²) in [5, 5.41) is 7.00. The molecule has 3 nitrogen and oxygen atoms in total. The standard InChI is InChI=1S/C22H15BrClFN2O/c23-14-10-8-13(9-11-14)18-12-19-15-4-1-2-7-20(15)28-22(27(19)26-18)21-16(24)5-3-6-17(21)25/h1-11,19,22H,12H2/t19-,22+/m0/s1. The summed E-state index contributed by atoms with van der Waals surface area (Å²) < 4.78 is 21.9. The zero-order chi connectivity index (χ0) is 19.3. The Bertz CT molecular complexity index is 1070.